The Morgan fingerprint density at radius 3 is 1.21 bits per heavy atom. The maximum Gasteiger partial charge on any atom is 0.472 e. The highest BCUT2D eigenvalue weighted by atomic mass is 31.2. The molecule has 0 aromatic heterocycles. The fraction of sp³-hybridized carbons (Fsp3) is 0.878. The van der Waals surface area contributed by atoms with E-state index in [9.17, 15) is 44.6 Å². The van der Waals surface area contributed by atoms with Gasteiger partial charge < -0.3 is 39.9 Å². The number of rotatable bonds is 42. The van der Waals surface area contributed by atoms with Gasteiger partial charge in [0.25, 0.3) is 0 Å². The summed E-state index contributed by atoms with van der Waals surface area (Å²) in [6.45, 7) is 3.30. The maximum absolute atomic E-state index is 12.8. The Bertz CT molecular complexity index is 1200. The fourth-order valence-corrected chi connectivity index (χ4v) is 8.66. The van der Waals surface area contributed by atoms with Crippen molar-refractivity contribution in [2.24, 2.45) is 0 Å². The molecule has 1 aliphatic rings. The zero-order valence-corrected chi connectivity index (χ0v) is 40.3. The molecule has 0 aliphatic heterocycles. The van der Waals surface area contributed by atoms with Gasteiger partial charge in [-0.25, -0.2) is 4.57 Å². The van der Waals surface area contributed by atoms with Gasteiger partial charge in [0.15, 0.2) is 6.10 Å². The van der Waals surface area contributed by atoms with Crippen molar-refractivity contribution in [1.29, 1.82) is 0 Å². The molecule has 0 amide bonds. The predicted molar refractivity (Wildman–Crippen MR) is 249 cm³/mol. The lowest BCUT2D eigenvalue weighted by Crippen LogP contribution is -2.64. The summed E-state index contributed by atoms with van der Waals surface area (Å²) in [6.07, 6.45) is 30.8. The normalized spacial score (nSPS) is 21.8. The number of carbonyl (C=O) groups is 2. The molecule has 0 heterocycles. The van der Waals surface area contributed by atoms with Crippen molar-refractivity contribution in [3.05, 3.63) is 24.3 Å². The Hall–Kier alpha value is -1.67. The Morgan fingerprint density at radius 2 is 0.810 bits per heavy atom. The number of unbranched alkanes of at least 4 members (excludes halogenated alkanes) is 26. The van der Waals surface area contributed by atoms with Crippen LogP contribution in [0.2, 0.25) is 0 Å². The zero-order chi connectivity index (χ0) is 46.4. The molecule has 14 heteroatoms. The van der Waals surface area contributed by atoms with Crippen molar-refractivity contribution in [2.75, 3.05) is 13.2 Å². The number of carbonyl (C=O) groups excluding carboxylic acids is 2. The topological polar surface area (TPSA) is 210 Å². The summed E-state index contributed by atoms with van der Waals surface area (Å²) < 4.78 is 33.6. The molecule has 1 aliphatic carbocycles. The van der Waals surface area contributed by atoms with Crippen LogP contribution in [0.4, 0.5) is 0 Å². The molecule has 1 fully saturated rings. The zero-order valence-electron chi connectivity index (χ0n) is 39.4. The van der Waals surface area contributed by atoms with Crippen LogP contribution < -0.4 is 0 Å². The predicted octanol–water partition coefficient (Wildman–Crippen LogP) is 10.4. The largest absolute Gasteiger partial charge is 0.472 e. The van der Waals surface area contributed by atoms with Crippen LogP contribution in [-0.2, 0) is 32.7 Å². The van der Waals surface area contributed by atoms with Gasteiger partial charge in [-0.2, -0.15) is 0 Å². The van der Waals surface area contributed by atoms with E-state index in [-0.39, 0.29) is 12.8 Å². The van der Waals surface area contributed by atoms with E-state index in [1.807, 2.05) is 0 Å². The Kier molecular flexibility index (Phi) is 37.2. The third-order valence-corrected chi connectivity index (χ3v) is 12.8. The standard InChI is InChI=1S/C49H91O13P/c1-3-5-7-9-11-13-15-17-19-20-21-22-24-26-28-30-32-34-36-38-43(51)61-41(40-60-63(57,58)62-49-47(55)45(53)44(52)46(54)48(49)56)39-59-42(50)37-35-33-31-29-27-25-23-18-16-14-12-10-8-6-4-2/h17-19,23,41,44-49,52-56H,3-16,20-22,24-40H2,1-2H3,(H,57,58)/b19-17+,23-18+/t41-,44?,45-,46?,47?,48?,49?/m1/s1. The second-order valence-corrected chi connectivity index (χ2v) is 19.1. The van der Waals surface area contributed by atoms with Gasteiger partial charge in [-0.1, -0.05) is 167 Å². The quantitative estimate of drug-likeness (QED) is 0.0146. The first-order valence-electron chi connectivity index (χ1n) is 25.1. The van der Waals surface area contributed by atoms with Gasteiger partial charge in [0.05, 0.1) is 6.61 Å². The van der Waals surface area contributed by atoms with E-state index >= 15 is 0 Å². The first-order valence-corrected chi connectivity index (χ1v) is 26.6. The van der Waals surface area contributed by atoms with Crippen molar-refractivity contribution >= 4 is 19.8 Å². The Balaban J connectivity index is 2.41. The van der Waals surface area contributed by atoms with Crippen LogP contribution >= 0.6 is 7.82 Å². The number of esters is 2. The van der Waals surface area contributed by atoms with Crippen LogP contribution in [0.3, 0.4) is 0 Å². The Labute approximate surface area is 381 Å². The number of hydrogen-bond acceptors (Lipinski definition) is 12. The minimum absolute atomic E-state index is 0.0948. The molecule has 1 rings (SSSR count). The highest BCUT2D eigenvalue weighted by Gasteiger charge is 2.51. The molecule has 0 aromatic carbocycles. The third kappa shape index (κ3) is 31.8. The number of allylic oxidation sites excluding steroid dienone is 4. The molecule has 370 valence electrons. The number of ether oxygens (including phenoxy) is 2. The second-order valence-electron chi connectivity index (χ2n) is 17.7. The molecule has 0 aromatic rings. The highest BCUT2D eigenvalue weighted by molar-refractivity contribution is 7.47. The number of hydrogen-bond donors (Lipinski definition) is 6. The minimum atomic E-state index is -5.12. The van der Waals surface area contributed by atoms with Crippen LogP contribution in [0.15, 0.2) is 24.3 Å². The number of phosphoric ester groups is 1. The van der Waals surface area contributed by atoms with Crippen LogP contribution in [0.5, 0.6) is 0 Å². The monoisotopic (exact) mass is 919 g/mol. The van der Waals surface area contributed by atoms with Crippen molar-refractivity contribution < 1.29 is 63.1 Å². The molecule has 0 bridgehead atoms. The van der Waals surface area contributed by atoms with Crippen molar-refractivity contribution in [2.45, 2.75) is 262 Å². The van der Waals surface area contributed by atoms with Gasteiger partial charge in [-0.05, 0) is 64.2 Å². The summed E-state index contributed by atoms with van der Waals surface area (Å²) in [5.74, 6) is -1.10. The van der Waals surface area contributed by atoms with E-state index in [0.29, 0.717) is 12.8 Å². The third-order valence-electron chi connectivity index (χ3n) is 11.8. The maximum atomic E-state index is 12.8. The fourth-order valence-electron chi connectivity index (χ4n) is 7.69. The van der Waals surface area contributed by atoms with E-state index in [0.717, 1.165) is 70.6 Å². The van der Waals surface area contributed by atoms with E-state index in [1.54, 1.807) is 0 Å². The van der Waals surface area contributed by atoms with Gasteiger partial charge in [-0.15, -0.1) is 0 Å². The van der Waals surface area contributed by atoms with Crippen molar-refractivity contribution in [1.82, 2.24) is 0 Å². The van der Waals surface area contributed by atoms with Crippen LogP contribution in [0, 0.1) is 0 Å². The van der Waals surface area contributed by atoms with E-state index in [1.165, 1.54) is 109 Å². The SMILES string of the molecule is CCCCCCCC/C=C/CCCCCCCCCCCC(=O)O[C@H](COC(=O)CCCCCCC/C=C/CCCCCCCC)COP(=O)(O)OC1C(O)C(O)C(O)[C@@H](O)C1O. The first kappa shape index (κ1) is 59.3. The van der Waals surface area contributed by atoms with E-state index in [2.05, 4.69) is 38.2 Å². The van der Waals surface area contributed by atoms with Gasteiger partial charge in [0, 0.05) is 12.8 Å². The summed E-state index contributed by atoms with van der Waals surface area (Å²) in [5.41, 5.74) is 0. The number of aliphatic hydroxyl groups is 5. The average molecular weight is 919 g/mol. The summed E-state index contributed by atoms with van der Waals surface area (Å²) in [5, 5.41) is 50.2. The van der Waals surface area contributed by atoms with Gasteiger partial charge >= 0.3 is 19.8 Å². The van der Waals surface area contributed by atoms with Crippen LogP contribution in [-0.4, -0.2) is 98.3 Å². The van der Waals surface area contributed by atoms with Crippen molar-refractivity contribution in [3.8, 4) is 0 Å². The first-order chi connectivity index (χ1) is 30.4. The second kappa shape index (κ2) is 39.5. The molecule has 6 N–H and O–H groups in total. The highest BCUT2D eigenvalue weighted by Crippen LogP contribution is 2.47. The molecule has 0 saturated heterocycles. The lowest BCUT2D eigenvalue weighted by atomic mass is 9.85. The summed E-state index contributed by atoms with van der Waals surface area (Å²) in [7, 11) is -5.12. The van der Waals surface area contributed by atoms with Crippen LogP contribution in [0.25, 0.3) is 0 Å². The number of aliphatic hydroxyl groups excluding tert-OH is 5. The summed E-state index contributed by atoms with van der Waals surface area (Å²) >= 11 is 0. The smallest absolute Gasteiger partial charge is 0.462 e. The molecule has 13 nitrogen and oxygen atoms in total. The van der Waals surface area contributed by atoms with Crippen LogP contribution in [0.1, 0.15) is 219 Å². The molecule has 0 radical (unpaired) electrons. The molecule has 1 saturated carbocycles. The Morgan fingerprint density at radius 1 is 0.476 bits per heavy atom. The van der Waals surface area contributed by atoms with Gasteiger partial charge in [0.1, 0.15) is 43.2 Å². The summed E-state index contributed by atoms with van der Waals surface area (Å²) in [6, 6.07) is 0. The molecule has 0 spiro atoms. The van der Waals surface area contributed by atoms with Gasteiger partial charge in [-0.3, -0.25) is 18.6 Å². The minimum Gasteiger partial charge on any atom is -0.462 e. The lowest BCUT2D eigenvalue weighted by Gasteiger charge is -2.41. The van der Waals surface area contributed by atoms with Crippen molar-refractivity contribution in [3.63, 3.8) is 0 Å². The molecular formula is C49H91O13P. The number of phosphoric acid groups is 1. The lowest BCUT2D eigenvalue weighted by molar-refractivity contribution is -0.220. The average Bonchev–Trinajstić information content (AvgIpc) is 3.26. The summed E-state index contributed by atoms with van der Waals surface area (Å²) in [4.78, 5) is 35.8. The molecule has 63 heavy (non-hydrogen) atoms. The molecule has 8 atom stereocenters. The van der Waals surface area contributed by atoms with Gasteiger partial charge in [0.2, 0.25) is 0 Å². The molecule has 6 unspecified atom stereocenters. The van der Waals surface area contributed by atoms with E-state index < -0.39 is 75.7 Å². The molecular weight excluding hydrogens is 828 g/mol. The van der Waals surface area contributed by atoms with E-state index in [4.69, 9.17) is 18.5 Å².